The predicted octanol–water partition coefficient (Wildman–Crippen LogP) is 2.58. The molecule has 0 spiro atoms. The Hall–Kier alpha value is -2.13. The van der Waals surface area contributed by atoms with Crippen LogP contribution in [-0.2, 0) is 17.9 Å². The lowest BCUT2D eigenvalue weighted by molar-refractivity contribution is -0.136. The second kappa shape index (κ2) is 6.55. The first kappa shape index (κ1) is 13.8. The molecule has 0 aliphatic carbocycles. The summed E-state index contributed by atoms with van der Waals surface area (Å²) in [5.74, 6) is 0.203. The average molecular weight is 280 g/mol. The first-order valence-electron chi connectivity index (χ1n) is 7.43. The maximum atomic E-state index is 12.6. The number of rotatable bonds is 5. The summed E-state index contributed by atoms with van der Waals surface area (Å²) in [7, 11) is 0. The smallest absolute Gasteiger partial charge is 0.240 e. The van der Waals surface area contributed by atoms with E-state index in [1.807, 2.05) is 41.3 Å². The summed E-state index contributed by atoms with van der Waals surface area (Å²) in [6.45, 7) is 2.26. The Morgan fingerprint density at radius 2 is 1.43 bits per heavy atom. The van der Waals surface area contributed by atoms with E-state index in [0.29, 0.717) is 13.1 Å². The highest BCUT2D eigenvalue weighted by Crippen LogP contribution is 2.14. The molecule has 1 saturated heterocycles. The zero-order valence-corrected chi connectivity index (χ0v) is 12.0. The van der Waals surface area contributed by atoms with Gasteiger partial charge in [-0.2, -0.15) is 0 Å². The Morgan fingerprint density at radius 3 is 1.81 bits per heavy atom. The quantitative estimate of drug-likeness (QED) is 0.913. The van der Waals surface area contributed by atoms with Crippen LogP contribution in [-0.4, -0.2) is 23.4 Å². The van der Waals surface area contributed by atoms with E-state index in [9.17, 15) is 4.79 Å². The maximum Gasteiger partial charge on any atom is 0.240 e. The van der Waals surface area contributed by atoms with Gasteiger partial charge in [0.1, 0.15) is 0 Å². The van der Waals surface area contributed by atoms with E-state index in [2.05, 4.69) is 29.6 Å². The Labute approximate surface area is 125 Å². The van der Waals surface area contributed by atoms with Crippen molar-refractivity contribution in [2.45, 2.75) is 25.6 Å². The molecule has 3 heteroatoms. The Balaban J connectivity index is 1.75. The Kier molecular flexibility index (Phi) is 4.31. The summed E-state index contributed by atoms with van der Waals surface area (Å²) in [5, 5.41) is 3.21. The highest BCUT2D eigenvalue weighted by atomic mass is 16.2. The highest BCUT2D eigenvalue weighted by molar-refractivity contribution is 5.82. The predicted molar refractivity (Wildman–Crippen MR) is 83.5 cm³/mol. The van der Waals surface area contributed by atoms with Crippen LogP contribution in [0.4, 0.5) is 0 Å². The van der Waals surface area contributed by atoms with E-state index < -0.39 is 0 Å². The molecule has 0 bridgehead atoms. The summed E-state index contributed by atoms with van der Waals surface area (Å²) >= 11 is 0. The van der Waals surface area contributed by atoms with E-state index in [1.54, 1.807) is 0 Å². The van der Waals surface area contributed by atoms with Crippen LogP contribution in [0, 0.1) is 0 Å². The van der Waals surface area contributed by atoms with Crippen molar-refractivity contribution in [3.63, 3.8) is 0 Å². The van der Waals surface area contributed by atoms with Gasteiger partial charge in [-0.15, -0.1) is 0 Å². The van der Waals surface area contributed by atoms with Gasteiger partial charge in [-0.1, -0.05) is 60.7 Å². The fraction of sp³-hybridized carbons (Fsp3) is 0.278. The number of carbonyl (C=O) groups excluding carboxylic acids is 1. The van der Waals surface area contributed by atoms with Gasteiger partial charge in [-0.25, -0.2) is 0 Å². The minimum atomic E-state index is -0.00238. The van der Waals surface area contributed by atoms with Gasteiger partial charge in [0.25, 0.3) is 0 Å². The topological polar surface area (TPSA) is 32.3 Å². The van der Waals surface area contributed by atoms with E-state index in [4.69, 9.17) is 0 Å². The largest absolute Gasteiger partial charge is 0.333 e. The third-order valence-electron chi connectivity index (χ3n) is 3.87. The minimum absolute atomic E-state index is 0.00238. The van der Waals surface area contributed by atoms with E-state index in [1.165, 1.54) is 11.1 Å². The van der Waals surface area contributed by atoms with Gasteiger partial charge < -0.3 is 10.2 Å². The Morgan fingerprint density at radius 1 is 0.952 bits per heavy atom. The summed E-state index contributed by atoms with van der Waals surface area (Å²) in [5.41, 5.74) is 2.34. The maximum absolute atomic E-state index is 12.6. The zero-order chi connectivity index (χ0) is 14.5. The van der Waals surface area contributed by atoms with Crippen molar-refractivity contribution in [2.24, 2.45) is 0 Å². The van der Waals surface area contributed by atoms with Crippen molar-refractivity contribution in [1.29, 1.82) is 0 Å². The zero-order valence-electron chi connectivity index (χ0n) is 12.0. The van der Waals surface area contributed by atoms with Crippen LogP contribution >= 0.6 is 0 Å². The second-order valence-electron chi connectivity index (χ2n) is 5.46. The molecule has 1 aliphatic heterocycles. The molecule has 1 aliphatic rings. The van der Waals surface area contributed by atoms with Gasteiger partial charge in [-0.05, 0) is 24.1 Å². The number of hydrogen-bond donors (Lipinski definition) is 1. The number of amides is 1. The molecule has 1 fully saturated rings. The summed E-state index contributed by atoms with van der Waals surface area (Å²) in [6.07, 6.45) is 0.943. The number of benzene rings is 2. The van der Waals surface area contributed by atoms with Gasteiger partial charge in [0, 0.05) is 13.1 Å². The fourth-order valence-electron chi connectivity index (χ4n) is 2.54. The van der Waals surface area contributed by atoms with Crippen molar-refractivity contribution in [1.82, 2.24) is 10.2 Å². The molecule has 0 radical (unpaired) electrons. The van der Waals surface area contributed by atoms with Crippen molar-refractivity contribution in [3.05, 3.63) is 71.8 Å². The molecule has 1 unspecified atom stereocenters. The number of carbonyl (C=O) groups is 1. The summed E-state index contributed by atoms with van der Waals surface area (Å²) in [6, 6.07) is 20.3. The molecular weight excluding hydrogens is 260 g/mol. The Bertz CT molecular complexity index is 537. The molecule has 0 saturated carbocycles. The first-order valence-corrected chi connectivity index (χ1v) is 7.43. The molecule has 1 N–H and O–H groups in total. The summed E-state index contributed by atoms with van der Waals surface area (Å²) < 4.78 is 0. The fourth-order valence-corrected chi connectivity index (χ4v) is 2.54. The average Bonchev–Trinajstić information content (AvgIpc) is 2.47. The van der Waals surface area contributed by atoms with Gasteiger partial charge in [0.05, 0.1) is 6.04 Å². The molecular formula is C18H20N2O. The molecule has 2 aromatic carbocycles. The lowest BCUT2D eigenvalue weighted by Gasteiger charge is -2.33. The monoisotopic (exact) mass is 280 g/mol. The van der Waals surface area contributed by atoms with E-state index in [-0.39, 0.29) is 11.9 Å². The van der Waals surface area contributed by atoms with Crippen LogP contribution in [0.3, 0.4) is 0 Å². The van der Waals surface area contributed by atoms with Crippen molar-refractivity contribution >= 4 is 5.91 Å². The molecule has 1 amide bonds. The molecule has 108 valence electrons. The van der Waals surface area contributed by atoms with Crippen LogP contribution in [0.5, 0.6) is 0 Å². The van der Waals surface area contributed by atoms with Crippen LogP contribution in [0.15, 0.2) is 60.7 Å². The van der Waals surface area contributed by atoms with Crippen molar-refractivity contribution in [2.75, 3.05) is 6.54 Å². The lowest BCUT2D eigenvalue weighted by atomic mass is 10.0. The highest BCUT2D eigenvalue weighted by Gasteiger charge is 2.28. The van der Waals surface area contributed by atoms with Crippen molar-refractivity contribution < 1.29 is 4.79 Å². The first-order chi connectivity index (χ1) is 10.3. The standard InChI is InChI=1S/C18H20N2O/c21-18(17-11-12-19-17)20(13-15-7-3-1-4-8-15)14-16-9-5-2-6-10-16/h1-10,17,19H,11-14H2. The van der Waals surface area contributed by atoms with Crippen molar-refractivity contribution in [3.8, 4) is 0 Å². The van der Waals surface area contributed by atoms with Crippen LogP contribution < -0.4 is 5.32 Å². The second-order valence-corrected chi connectivity index (χ2v) is 5.46. The SMILES string of the molecule is O=C(C1CCN1)N(Cc1ccccc1)Cc1ccccc1. The van der Waals surface area contributed by atoms with Gasteiger partial charge in [-0.3, -0.25) is 4.79 Å². The van der Waals surface area contributed by atoms with E-state index in [0.717, 1.165) is 13.0 Å². The number of hydrogen-bond acceptors (Lipinski definition) is 2. The minimum Gasteiger partial charge on any atom is -0.333 e. The molecule has 3 nitrogen and oxygen atoms in total. The van der Waals surface area contributed by atoms with Crippen LogP contribution in [0.2, 0.25) is 0 Å². The van der Waals surface area contributed by atoms with Crippen LogP contribution in [0.1, 0.15) is 17.5 Å². The third-order valence-corrected chi connectivity index (χ3v) is 3.87. The van der Waals surface area contributed by atoms with Crippen LogP contribution in [0.25, 0.3) is 0 Å². The van der Waals surface area contributed by atoms with Gasteiger partial charge >= 0.3 is 0 Å². The molecule has 0 aromatic heterocycles. The van der Waals surface area contributed by atoms with E-state index >= 15 is 0 Å². The molecule has 21 heavy (non-hydrogen) atoms. The molecule has 1 atom stereocenters. The molecule has 3 rings (SSSR count). The van der Waals surface area contributed by atoms with Gasteiger partial charge in [0.15, 0.2) is 0 Å². The number of nitrogens with one attached hydrogen (secondary N) is 1. The molecule has 2 aromatic rings. The summed E-state index contributed by atoms with van der Waals surface area (Å²) in [4.78, 5) is 14.5. The molecule has 1 heterocycles. The third kappa shape index (κ3) is 3.50. The lowest BCUT2D eigenvalue weighted by Crippen LogP contribution is -2.54. The van der Waals surface area contributed by atoms with Gasteiger partial charge in [0.2, 0.25) is 5.91 Å². The normalized spacial score (nSPS) is 17.0. The number of nitrogens with zero attached hydrogens (tertiary/aromatic N) is 1.